The Morgan fingerprint density at radius 2 is 1.32 bits per heavy atom. The van der Waals surface area contributed by atoms with E-state index in [2.05, 4.69) is 33.9 Å². The molecule has 1 fully saturated rings. The Morgan fingerprint density at radius 3 is 1.81 bits per heavy atom. The Bertz CT molecular complexity index is 1300. The normalized spacial score (nSPS) is 19.9. The summed E-state index contributed by atoms with van der Waals surface area (Å²) in [6.07, 6.45) is 0. The van der Waals surface area contributed by atoms with Gasteiger partial charge < -0.3 is 9.53 Å². The summed E-state index contributed by atoms with van der Waals surface area (Å²) in [5.41, 5.74) is -1.13. The average molecular weight is 558 g/mol. The molecule has 0 radical (unpaired) electrons. The Morgan fingerprint density at radius 1 is 0.838 bits per heavy atom. The summed E-state index contributed by atoms with van der Waals surface area (Å²) in [6.45, 7) is 14.6. The highest BCUT2D eigenvalue weighted by atomic mass is 35.5. The van der Waals surface area contributed by atoms with Crippen LogP contribution in [0, 0.1) is 0 Å². The van der Waals surface area contributed by atoms with Gasteiger partial charge in [0, 0.05) is 27.0 Å². The Hall–Kier alpha value is -2.51. The van der Waals surface area contributed by atoms with Gasteiger partial charge in [-0.2, -0.15) is 0 Å². The molecule has 1 N–H and O–H groups in total. The van der Waals surface area contributed by atoms with Crippen LogP contribution < -0.4 is 14.2 Å². The van der Waals surface area contributed by atoms with Gasteiger partial charge in [-0.25, -0.2) is 4.79 Å². The predicted octanol–water partition coefficient (Wildman–Crippen LogP) is 8.45. The number of nitrogens with zero attached hydrogens (tertiary/aromatic N) is 2. The highest BCUT2D eigenvalue weighted by Gasteiger charge is 2.64. The maximum atomic E-state index is 14.1. The van der Waals surface area contributed by atoms with Crippen molar-refractivity contribution in [3.8, 4) is 5.75 Å². The van der Waals surface area contributed by atoms with Crippen molar-refractivity contribution in [3.05, 3.63) is 88.4 Å². The number of anilines is 2. The van der Waals surface area contributed by atoms with Crippen molar-refractivity contribution in [2.45, 2.75) is 64.0 Å². The fourth-order valence-electron chi connectivity index (χ4n) is 4.52. The van der Waals surface area contributed by atoms with Gasteiger partial charge in [-0.15, -0.1) is 0 Å². The van der Waals surface area contributed by atoms with Crippen molar-refractivity contribution in [1.29, 1.82) is 0 Å². The number of aliphatic hydroxyl groups is 1. The van der Waals surface area contributed by atoms with E-state index < -0.39 is 19.6 Å². The first-order valence-electron chi connectivity index (χ1n) is 12.3. The number of hydrogen-bond donors (Lipinski definition) is 1. The first-order valence-corrected chi connectivity index (χ1v) is 15.9. The molecule has 0 bridgehead atoms. The third-order valence-corrected chi connectivity index (χ3v) is 12.6. The predicted molar refractivity (Wildman–Crippen MR) is 156 cm³/mol. The smallest absolute Gasteiger partial charge is 0.332 e. The molecule has 0 saturated carbocycles. The first kappa shape index (κ1) is 27.5. The van der Waals surface area contributed by atoms with Crippen LogP contribution in [0.1, 0.15) is 40.2 Å². The molecule has 1 saturated heterocycles. The molecule has 0 aliphatic carbocycles. The van der Waals surface area contributed by atoms with Crippen LogP contribution in [0.25, 0.3) is 0 Å². The zero-order chi connectivity index (χ0) is 27.4. The lowest BCUT2D eigenvalue weighted by molar-refractivity contribution is -0.00258. The first-order chi connectivity index (χ1) is 17.1. The number of carbonyl (C=O) groups excluding carboxylic acids is 1. The summed E-state index contributed by atoms with van der Waals surface area (Å²) in [7, 11) is -2.14. The maximum Gasteiger partial charge on any atom is 0.332 e. The zero-order valence-electron chi connectivity index (χ0n) is 22.3. The molecule has 4 rings (SSSR count). The van der Waals surface area contributed by atoms with Gasteiger partial charge in [0.15, 0.2) is 5.72 Å². The van der Waals surface area contributed by atoms with Gasteiger partial charge in [-0.05, 0) is 92.6 Å². The van der Waals surface area contributed by atoms with Crippen molar-refractivity contribution < 1.29 is 14.3 Å². The molecule has 1 aliphatic heterocycles. The average Bonchev–Trinajstić information content (AvgIpc) is 2.96. The number of amides is 2. The number of urea groups is 1. The molecular weight excluding hydrogens is 523 g/mol. The summed E-state index contributed by atoms with van der Waals surface area (Å²) < 4.78 is 6.57. The minimum Gasteiger partial charge on any atom is -0.543 e. The van der Waals surface area contributed by atoms with Crippen LogP contribution in [0.15, 0.2) is 72.8 Å². The highest BCUT2D eigenvalue weighted by molar-refractivity contribution is 6.74. The van der Waals surface area contributed by atoms with Gasteiger partial charge in [0.25, 0.3) is 0 Å². The molecule has 5 nitrogen and oxygen atoms in total. The topological polar surface area (TPSA) is 53.0 Å². The van der Waals surface area contributed by atoms with E-state index in [1.807, 2.05) is 38.1 Å². The van der Waals surface area contributed by atoms with E-state index in [1.165, 1.54) is 4.90 Å². The largest absolute Gasteiger partial charge is 0.543 e. The zero-order valence-corrected chi connectivity index (χ0v) is 24.9. The third kappa shape index (κ3) is 4.65. The second-order valence-electron chi connectivity index (χ2n) is 11.5. The van der Waals surface area contributed by atoms with E-state index in [0.717, 1.165) is 0 Å². The Balaban J connectivity index is 1.90. The van der Waals surface area contributed by atoms with Crippen LogP contribution in [0.2, 0.25) is 28.2 Å². The lowest BCUT2D eigenvalue weighted by atomic mass is 9.83. The number of rotatable bonds is 5. The number of carbonyl (C=O) groups is 1. The van der Waals surface area contributed by atoms with Crippen molar-refractivity contribution >= 4 is 48.9 Å². The molecule has 3 aromatic carbocycles. The monoisotopic (exact) mass is 556 g/mol. The molecule has 0 aromatic heterocycles. The van der Waals surface area contributed by atoms with Gasteiger partial charge >= 0.3 is 6.03 Å². The fourth-order valence-corrected chi connectivity index (χ4v) is 5.80. The number of benzene rings is 3. The van der Waals surface area contributed by atoms with Crippen LogP contribution in [-0.4, -0.2) is 25.0 Å². The van der Waals surface area contributed by atoms with Gasteiger partial charge in [-0.1, -0.05) is 56.1 Å². The molecule has 8 heteroatoms. The SMILES string of the molecule is CC1(C)N(c2ccc(Cl)cc2)C(=O)N(c2ccc(Cl)cc2)C1(O)c1cccc(O[Si](C)(C)C(C)(C)C)c1. The van der Waals surface area contributed by atoms with Crippen LogP contribution in [-0.2, 0) is 5.72 Å². The maximum absolute atomic E-state index is 14.1. The van der Waals surface area contributed by atoms with Gasteiger partial charge in [0.1, 0.15) is 5.75 Å². The summed E-state index contributed by atoms with van der Waals surface area (Å²) in [4.78, 5) is 17.2. The summed E-state index contributed by atoms with van der Waals surface area (Å²) in [5, 5.41) is 13.8. The van der Waals surface area contributed by atoms with Crippen molar-refractivity contribution in [2.24, 2.45) is 0 Å². The third-order valence-electron chi connectivity index (χ3n) is 7.70. The molecule has 196 valence electrons. The van der Waals surface area contributed by atoms with Crippen LogP contribution in [0.3, 0.4) is 0 Å². The van der Waals surface area contributed by atoms with E-state index in [1.54, 1.807) is 53.4 Å². The van der Waals surface area contributed by atoms with E-state index >= 15 is 0 Å². The van der Waals surface area contributed by atoms with E-state index in [4.69, 9.17) is 27.6 Å². The van der Waals surface area contributed by atoms with Gasteiger partial charge in [-0.3, -0.25) is 9.80 Å². The van der Waals surface area contributed by atoms with E-state index in [9.17, 15) is 9.90 Å². The lowest BCUT2D eigenvalue weighted by Gasteiger charge is -2.43. The molecular formula is C29H34Cl2N2O3Si. The summed E-state index contributed by atoms with van der Waals surface area (Å²) >= 11 is 12.3. The molecule has 0 spiro atoms. The molecule has 1 atom stereocenters. The van der Waals surface area contributed by atoms with Crippen LogP contribution in [0.4, 0.5) is 16.2 Å². The molecule has 37 heavy (non-hydrogen) atoms. The van der Waals surface area contributed by atoms with E-state index in [0.29, 0.717) is 32.7 Å². The summed E-state index contributed by atoms with van der Waals surface area (Å²) in [5.74, 6) is 0.668. The minimum absolute atomic E-state index is 0.00320. The molecule has 1 unspecified atom stereocenters. The Labute approximate surface area is 230 Å². The Kier molecular flexibility index (Phi) is 6.95. The number of halogens is 2. The standard InChI is InChI=1S/C29H34Cl2N2O3Si/c1-27(2,3)37(6,7)36-25-10-8-9-20(19-25)29(35)28(4,5)32(23-15-11-21(30)12-16-23)26(34)33(29)24-17-13-22(31)14-18-24/h8-19,35H,1-7H3. The summed E-state index contributed by atoms with van der Waals surface area (Å²) in [6, 6.07) is 21.0. The lowest BCUT2D eigenvalue weighted by Crippen LogP contribution is -2.56. The quantitative estimate of drug-likeness (QED) is 0.320. The van der Waals surface area contributed by atoms with Crippen molar-refractivity contribution in [3.63, 3.8) is 0 Å². The fraction of sp³-hybridized carbons (Fsp3) is 0.345. The van der Waals surface area contributed by atoms with Crippen LogP contribution >= 0.6 is 23.2 Å². The molecule has 1 aliphatic rings. The van der Waals surface area contributed by atoms with E-state index in [-0.39, 0.29) is 11.1 Å². The molecule has 2 amide bonds. The minimum atomic E-state index is -2.14. The van der Waals surface area contributed by atoms with Crippen molar-refractivity contribution in [1.82, 2.24) is 0 Å². The second-order valence-corrected chi connectivity index (χ2v) is 17.1. The van der Waals surface area contributed by atoms with Gasteiger partial charge in [0.2, 0.25) is 8.32 Å². The second kappa shape index (κ2) is 9.35. The highest BCUT2D eigenvalue weighted by Crippen LogP contribution is 2.51. The van der Waals surface area contributed by atoms with Gasteiger partial charge in [0.05, 0.1) is 5.54 Å². The number of hydrogen-bond acceptors (Lipinski definition) is 3. The molecule has 1 heterocycles. The van der Waals surface area contributed by atoms with Crippen molar-refractivity contribution in [2.75, 3.05) is 9.80 Å². The van der Waals surface area contributed by atoms with Crippen LogP contribution in [0.5, 0.6) is 5.75 Å². The molecule has 3 aromatic rings.